The summed E-state index contributed by atoms with van der Waals surface area (Å²) in [6.07, 6.45) is 0. The van der Waals surface area contributed by atoms with Crippen molar-refractivity contribution in [3.63, 3.8) is 0 Å². The van der Waals surface area contributed by atoms with Crippen molar-refractivity contribution in [3.05, 3.63) is 51.2 Å². The van der Waals surface area contributed by atoms with Crippen LogP contribution < -0.4 is 27.2 Å². The number of para-hydroxylation sites is 1. The van der Waals surface area contributed by atoms with E-state index in [0.717, 1.165) is 9.13 Å². The van der Waals surface area contributed by atoms with Crippen molar-refractivity contribution < 1.29 is 4.79 Å². The Hall–Kier alpha value is -3.03. The first kappa shape index (κ1) is 16.3. The number of benzene rings is 1. The Balaban J connectivity index is 2.39. The van der Waals surface area contributed by atoms with E-state index in [9.17, 15) is 14.4 Å². The molecule has 2 aromatic rings. The van der Waals surface area contributed by atoms with E-state index in [1.165, 1.54) is 11.9 Å². The van der Waals surface area contributed by atoms with Gasteiger partial charge in [-0.05, 0) is 12.1 Å². The topological polar surface area (TPSA) is 102 Å². The highest BCUT2D eigenvalue weighted by molar-refractivity contribution is 5.90. The monoisotopic (exact) mass is 317 g/mol. The van der Waals surface area contributed by atoms with E-state index < -0.39 is 17.2 Å². The fraction of sp³-hybridized carbons (Fsp3) is 0.267. The molecule has 1 aromatic heterocycles. The van der Waals surface area contributed by atoms with Crippen molar-refractivity contribution in [3.8, 4) is 0 Å². The van der Waals surface area contributed by atoms with Crippen LogP contribution in [0.1, 0.15) is 0 Å². The molecule has 0 aliphatic rings. The molecule has 0 atom stereocenters. The van der Waals surface area contributed by atoms with Crippen LogP contribution >= 0.6 is 0 Å². The normalized spacial score (nSPS) is 10.4. The minimum absolute atomic E-state index is 0.0599. The zero-order chi connectivity index (χ0) is 17.1. The fourth-order valence-corrected chi connectivity index (χ4v) is 2.19. The summed E-state index contributed by atoms with van der Waals surface area (Å²) >= 11 is 0. The van der Waals surface area contributed by atoms with Gasteiger partial charge in [0.05, 0.1) is 0 Å². The van der Waals surface area contributed by atoms with Crippen LogP contribution in [0.3, 0.4) is 0 Å². The van der Waals surface area contributed by atoms with E-state index >= 15 is 0 Å². The molecule has 0 aliphatic carbocycles. The van der Waals surface area contributed by atoms with E-state index in [-0.39, 0.29) is 18.1 Å². The van der Waals surface area contributed by atoms with Crippen molar-refractivity contribution in [1.29, 1.82) is 0 Å². The van der Waals surface area contributed by atoms with Crippen molar-refractivity contribution in [2.45, 2.75) is 6.54 Å². The molecule has 0 saturated heterocycles. The number of amides is 1. The Morgan fingerprint density at radius 3 is 2.39 bits per heavy atom. The van der Waals surface area contributed by atoms with Crippen molar-refractivity contribution in [2.75, 3.05) is 30.0 Å². The van der Waals surface area contributed by atoms with E-state index in [1.807, 2.05) is 6.07 Å². The molecule has 3 N–H and O–H groups in total. The number of nitrogens with zero attached hydrogens (tertiary/aromatic N) is 3. The maximum absolute atomic E-state index is 12.4. The van der Waals surface area contributed by atoms with Gasteiger partial charge in [-0.25, -0.2) is 9.36 Å². The molecule has 122 valence electrons. The molecule has 1 aromatic carbocycles. The number of nitrogens with one attached hydrogen (secondary N) is 1. The van der Waals surface area contributed by atoms with Crippen LogP contribution in [0.15, 0.2) is 39.9 Å². The number of carbonyl (C=O) groups is 1. The molecule has 0 unspecified atom stereocenters. The third-order valence-corrected chi connectivity index (χ3v) is 3.38. The van der Waals surface area contributed by atoms with Gasteiger partial charge in [0.1, 0.15) is 18.1 Å². The largest absolute Gasteiger partial charge is 0.383 e. The number of hydrogen-bond acceptors (Lipinski definition) is 5. The maximum Gasteiger partial charge on any atom is 0.332 e. The number of rotatable bonds is 4. The van der Waals surface area contributed by atoms with Gasteiger partial charge in [0.15, 0.2) is 0 Å². The molecule has 23 heavy (non-hydrogen) atoms. The van der Waals surface area contributed by atoms with Gasteiger partial charge >= 0.3 is 5.69 Å². The standard InChI is InChI=1S/C15H19N5O3/c1-18(2)12-13(16)19(3)15(23)20(14(12)22)9-11(21)17-10-7-5-4-6-8-10/h4-8H,9,16H2,1-3H3,(H,17,21). The van der Waals surface area contributed by atoms with Crippen molar-refractivity contribution in [2.24, 2.45) is 7.05 Å². The summed E-state index contributed by atoms with van der Waals surface area (Å²) in [5.41, 5.74) is 5.33. The smallest absolute Gasteiger partial charge is 0.332 e. The molecular weight excluding hydrogens is 298 g/mol. The molecule has 8 heteroatoms. The molecule has 0 spiro atoms. The summed E-state index contributed by atoms with van der Waals surface area (Å²) in [4.78, 5) is 38.3. The van der Waals surface area contributed by atoms with E-state index in [2.05, 4.69) is 5.32 Å². The van der Waals surface area contributed by atoms with E-state index in [4.69, 9.17) is 5.73 Å². The van der Waals surface area contributed by atoms with Crippen LogP contribution in [0.4, 0.5) is 17.2 Å². The van der Waals surface area contributed by atoms with Crippen LogP contribution in [0, 0.1) is 0 Å². The van der Waals surface area contributed by atoms with Gasteiger partial charge in [-0.15, -0.1) is 0 Å². The predicted molar refractivity (Wildman–Crippen MR) is 89.8 cm³/mol. The molecule has 8 nitrogen and oxygen atoms in total. The lowest BCUT2D eigenvalue weighted by Gasteiger charge is -2.18. The molecule has 0 radical (unpaired) electrons. The van der Waals surface area contributed by atoms with Gasteiger partial charge < -0.3 is 16.0 Å². The second-order valence-corrected chi connectivity index (χ2v) is 5.28. The average molecular weight is 317 g/mol. The first-order valence-electron chi connectivity index (χ1n) is 6.94. The summed E-state index contributed by atoms with van der Waals surface area (Å²) in [7, 11) is 4.74. The van der Waals surface area contributed by atoms with Crippen LogP contribution in [0.5, 0.6) is 0 Å². The quantitative estimate of drug-likeness (QED) is 0.815. The minimum atomic E-state index is -0.638. The van der Waals surface area contributed by atoms with Gasteiger partial charge in [-0.1, -0.05) is 18.2 Å². The number of aromatic nitrogens is 2. The highest BCUT2D eigenvalue weighted by atomic mass is 16.2. The minimum Gasteiger partial charge on any atom is -0.383 e. The van der Waals surface area contributed by atoms with Crippen molar-refractivity contribution in [1.82, 2.24) is 9.13 Å². The Morgan fingerprint density at radius 1 is 1.22 bits per heavy atom. The van der Waals surface area contributed by atoms with Gasteiger partial charge in [0, 0.05) is 26.8 Å². The second kappa shape index (κ2) is 6.39. The SMILES string of the molecule is CN(C)c1c(N)n(C)c(=O)n(CC(=O)Nc2ccccc2)c1=O. The van der Waals surface area contributed by atoms with E-state index in [0.29, 0.717) is 5.69 Å². The third kappa shape index (κ3) is 3.25. The summed E-state index contributed by atoms with van der Waals surface area (Å²) in [6, 6.07) is 8.79. The Labute approximate surface area is 132 Å². The lowest BCUT2D eigenvalue weighted by Crippen LogP contribution is -2.44. The summed E-state index contributed by atoms with van der Waals surface area (Å²) < 4.78 is 2.01. The lowest BCUT2D eigenvalue weighted by molar-refractivity contribution is -0.116. The zero-order valence-electron chi connectivity index (χ0n) is 13.2. The number of carbonyl (C=O) groups excluding carboxylic acids is 1. The van der Waals surface area contributed by atoms with Crippen LogP contribution in [0.25, 0.3) is 0 Å². The van der Waals surface area contributed by atoms with Crippen LogP contribution in [-0.2, 0) is 18.4 Å². The first-order valence-corrected chi connectivity index (χ1v) is 6.94. The van der Waals surface area contributed by atoms with Gasteiger partial charge in [0.2, 0.25) is 5.91 Å². The molecule has 0 bridgehead atoms. The number of anilines is 3. The first-order chi connectivity index (χ1) is 10.8. The molecule has 0 saturated carbocycles. The van der Waals surface area contributed by atoms with Crippen molar-refractivity contribution >= 4 is 23.1 Å². The maximum atomic E-state index is 12.4. The summed E-state index contributed by atoms with van der Waals surface area (Å²) in [5.74, 6) is -0.408. The highest BCUT2D eigenvalue weighted by Gasteiger charge is 2.18. The Kier molecular flexibility index (Phi) is 4.54. The van der Waals surface area contributed by atoms with Gasteiger partial charge in [-0.2, -0.15) is 0 Å². The fourth-order valence-electron chi connectivity index (χ4n) is 2.19. The Bertz CT molecular complexity index is 837. The highest BCUT2D eigenvalue weighted by Crippen LogP contribution is 2.12. The summed E-state index contributed by atoms with van der Waals surface area (Å²) in [5, 5.41) is 2.64. The molecular formula is C15H19N5O3. The molecule has 2 rings (SSSR count). The number of nitrogen functional groups attached to an aromatic ring is 1. The number of nitrogens with two attached hydrogens (primary N) is 1. The molecule has 1 heterocycles. The lowest BCUT2D eigenvalue weighted by atomic mass is 10.3. The number of hydrogen-bond donors (Lipinski definition) is 2. The van der Waals surface area contributed by atoms with Crippen LogP contribution in [0.2, 0.25) is 0 Å². The molecule has 0 aliphatic heterocycles. The summed E-state index contributed by atoms with van der Waals surface area (Å²) in [6.45, 7) is -0.387. The zero-order valence-corrected chi connectivity index (χ0v) is 13.2. The molecule has 0 fully saturated rings. The van der Waals surface area contributed by atoms with Gasteiger partial charge in [-0.3, -0.25) is 14.2 Å². The van der Waals surface area contributed by atoms with Gasteiger partial charge in [0.25, 0.3) is 5.56 Å². The third-order valence-electron chi connectivity index (χ3n) is 3.38. The molecule has 1 amide bonds. The van der Waals surface area contributed by atoms with Crippen LogP contribution in [-0.4, -0.2) is 29.1 Å². The second-order valence-electron chi connectivity index (χ2n) is 5.28. The Morgan fingerprint density at radius 2 is 1.83 bits per heavy atom. The average Bonchev–Trinajstić information content (AvgIpc) is 2.50. The van der Waals surface area contributed by atoms with E-state index in [1.54, 1.807) is 38.4 Å². The predicted octanol–water partition coefficient (Wildman–Crippen LogP) is -0.166.